The van der Waals surface area contributed by atoms with Gasteiger partial charge in [0, 0.05) is 0 Å². The van der Waals surface area contributed by atoms with E-state index in [0.29, 0.717) is 0 Å². The molecule has 15 heavy (non-hydrogen) atoms. The van der Waals surface area contributed by atoms with Gasteiger partial charge >= 0.3 is 20.2 Å². The van der Waals surface area contributed by atoms with Crippen molar-refractivity contribution in [2.45, 2.75) is 33.8 Å². The van der Waals surface area contributed by atoms with Gasteiger partial charge < -0.3 is 14.2 Å². The van der Waals surface area contributed by atoms with Gasteiger partial charge in [0.2, 0.25) is 0 Å². The molecular formula is C8H15O6P. The van der Waals surface area contributed by atoms with Gasteiger partial charge in [-0.15, -0.1) is 0 Å². The van der Waals surface area contributed by atoms with Crippen molar-refractivity contribution in [3.8, 4) is 0 Å². The fourth-order valence-corrected chi connectivity index (χ4v) is 0.893. The van der Waals surface area contributed by atoms with Crippen molar-refractivity contribution in [3.05, 3.63) is 0 Å². The molecule has 0 saturated carbocycles. The molecule has 6 nitrogen and oxygen atoms in total. The Labute approximate surface area is 88.5 Å². The number of hydrogen-bond acceptors (Lipinski definition) is 5. The lowest BCUT2D eigenvalue weighted by Crippen LogP contribution is -2.31. The Morgan fingerprint density at radius 3 is 2.13 bits per heavy atom. The second-order valence-corrected chi connectivity index (χ2v) is 4.72. The molecule has 0 bridgehead atoms. The Balaban J connectivity index is 4.26. The molecule has 0 fully saturated rings. The summed E-state index contributed by atoms with van der Waals surface area (Å²) < 4.78 is 18.9. The van der Waals surface area contributed by atoms with Gasteiger partial charge in [0.25, 0.3) is 0 Å². The molecule has 0 spiro atoms. The van der Waals surface area contributed by atoms with Crippen LogP contribution in [0, 0.1) is 5.41 Å². The summed E-state index contributed by atoms with van der Waals surface area (Å²) in [5, 5.41) is 0. The normalized spacial score (nSPS) is 15.3. The summed E-state index contributed by atoms with van der Waals surface area (Å²) in [6.07, 6.45) is -1.18. The molecule has 0 heterocycles. The van der Waals surface area contributed by atoms with Gasteiger partial charge in [-0.1, -0.05) is 0 Å². The number of carbonyl (C=O) groups is 2. The topological polar surface area (TPSA) is 89.9 Å². The number of rotatable bonds is 3. The lowest BCUT2D eigenvalue weighted by atomic mass is 9.97. The van der Waals surface area contributed by atoms with Crippen LogP contribution in [0.5, 0.6) is 0 Å². The van der Waals surface area contributed by atoms with Crippen LogP contribution in [0.1, 0.15) is 27.7 Å². The van der Waals surface area contributed by atoms with Crippen molar-refractivity contribution in [3.63, 3.8) is 0 Å². The number of hydrogen-bond donors (Lipinski definition) is 1. The first-order valence-corrected chi connectivity index (χ1v) is 5.56. The fraction of sp³-hybridized carbons (Fsp3) is 0.750. The third-order valence-electron chi connectivity index (χ3n) is 1.42. The average molecular weight is 238 g/mol. The van der Waals surface area contributed by atoms with Crippen molar-refractivity contribution in [1.29, 1.82) is 0 Å². The maximum atomic E-state index is 11.3. The van der Waals surface area contributed by atoms with Crippen molar-refractivity contribution >= 4 is 20.2 Å². The molecule has 0 radical (unpaired) electrons. The van der Waals surface area contributed by atoms with Crippen molar-refractivity contribution in [2.24, 2.45) is 5.41 Å². The van der Waals surface area contributed by atoms with Crippen molar-refractivity contribution < 1.29 is 28.3 Å². The van der Waals surface area contributed by atoms with E-state index in [1.54, 1.807) is 20.8 Å². The zero-order valence-corrected chi connectivity index (χ0v) is 10.1. The third kappa shape index (κ3) is 5.54. The first-order chi connectivity index (χ1) is 6.64. The summed E-state index contributed by atoms with van der Waals surface area (Å²) >= 11 is 0. The van der Waals surface area contributed by atoms with Crippen molar-refractivity contribution in [2.75, 3.05) is 0 Å². The molecule has 7 heteroatoms. The van der Waals surface area contributed by atoms with E-state index in [1.165, 1.54) is 6.92 Å². The van der Waals surface area contributed by atoms with E-state index >= 15 is 0 Å². The molecule has 0 aromatic rings. The maximum Gasteiger partial charge on any atom is 0.367 e. The monoisotopic (exact) mass is 238 g/mol. The van der Waals surface area contributed by atoms with Crippen LogP contribution in [-0.4, -0.2) is 22.9 Å². The molecule has 0 amide bonds. The minimum Gasteiger partial charge on any atom is -0.450 e. The van der Waals surface area contributed by atoms with Gasteiger partial charge in [0.1, 0.15) is 0 Å². The van der Waals surface area contributed by atoms with E-state index in [1.807, 2.05) is 0 Å². The molecule has 1 unspecified atom stereocenters. The summed E-state index contributed by atoms with van der Waals surface area (Å²) in [4.78, 5) is 30.6. The Kier molecular flexibility index (Phi) is 4.97. The van der Waals surface area contributed by atoms with Crippen molar-refractivity contribution in [1.82, 2.24) is 0 Å². The molecule has 1 N–H and O–H groups in total. The SMILES string of the molecule is C[C@H](OC(=O)C(C)(C)C)C(=O)O[PH](=O)O. The average Bonchev–Trinajstić information content (AvgIpc) is 2.00. The Hall–Kier alpha value is -0.870. The predicted molar refractivity (Wildman–Crippen MR) is 52.3 cm³/mol. The smallest absolute Gasteiger partial charge is 0.367 e. The quantitative estimate of drug-likeness (QED) is 0.580. The predicted octanol–water partition coefficient (Wildman–Crippen LogP) is 0.889. The number of esters is 1. The first-order valence-electron chi connectivity index (χ1n) is 4.30. The van der Waals surface area contributed by atoms with E-state index in [2.05, 4.69) is 4.52 Å². The third-order valence-corrected chi connectivity index (χ3v) is 1.79. The summed E-state index contributed by atoms with van der Waals surface area (Å²) in [5.74, 6) is -1.61. The molecule has 0 aliphatic rings. The molecule has 88 valence electrons. The van der Waals surface area contributed by atoms with Crippen LogP contribution in [0.25, 0.3) is 0 Å². The largest absolute Gasteiger partial charge is 0.450 e. The molecule has 0 aromatic carbocycles. The van der Waals surface area contributed by atoms with Gasteiger partial charge in [0.15, 0.2) is 6.10 Å². The molecule has 2 atom stereocenters. The highest BCUT2D eigenvalue weighted by Gasteiger charge is 2.28. The standard InChI is InChI=1S/C8H15O6P/c1-5(6(9)14-15(11)12)13-7(10)8(2,3)4/h5,15H,1-4H3,(H,11,12)/t5-/m0/s1. The van der Waals surface area contributed by atoms with Crippen LogP contribution in [0.2, 0.25) is 0 Å². The highest BCUT2D eigenvalue weighted by atomic mass is 31.1. The van der Waals surface area contributed by atoms with Crippen LogP contribution < -0.4 is 0 Å². The zero-order chi connectivity index (χ0) is 12.2. The fourth-order valence-electron chi connectivity index (χ4n) is 0.554. The van der Waals surface area contributed by atoms with E-state index in [-0.39, 0.29) is 0 Å². The number of carbonyl (C=O) groups excluding carboxylic acids is 2. The van der Waals surface area contributed by atoms with Crippen LogP contribution in [0.3, 0.4) is 0 Å². The van der Waals surface area contributed by atoms with E-state index in [4.69, 9.17) is 9.63 Å². The highest BCUT2D eigenvalue weighted by molar-refractivity contribution is 7.32. The highest BCUT2D eigenvalue weighted by Crippen LogP contribution is 2.19. The van der Waals surface area contributed by atoms with Gasteiger partial charge in [-0.2, -0.15) is 0 Å². The summed E-state index contributed by atoms with van der Waals surface area (Å²) in [5.41, 5.74) is -0.737. The minimum atomic E-state index is -3.34. The molecule has 0 saturated heterocycles. The molecule has 0 aliphatic carbocycles. The van der Waals surface area contributed by atoms with Gasteiger partial charge in [-0.3, -0.25) is 4.79 Å². The summed E-state index contributed by atoms with van der Waals surface area (Å²) in [7, 11) is -3.34. The first kappa shape index (κ1) is 14.1. The molecule has 0 aliphatic heterocycles. The van der Waals surface area contributed by atoms with Gasteiger partial charge in [-0.05, 0) is 27.7 Å². The second kappa shape index (κ2) is 5.28. The Bertz CT molecular complexity index is 279. The zero-order valence-electron chi connectivity index (χ0n) is 9.07. The van der Waals surface area contributed by atoms with E-state index < -0.39 is 31.7 Å². The number of ether oxygens (including phenoxy) is 1. The summed E-state index contributed by atoms with van der Waals surface area (Å²) in [6, 6.07) is 0. The molecule has 0 rings (SSSR count). The summed E-state index contributed by atoms with van der Waals surface area (Å²) in [6.45, 7) is 6.16. The lowest BCUT2D eigenvalue weighted by molar-refractivity contribution is -0.167. The van der Waals surface area contributed by atoms with Gasteiger partial charge in [-0.25, -0.2) is 9.36 Å². The molecule has 0 aromatic heterocycles. The van der Waals surface area contributed by atoms with Crippen LogP contribution in [0.15, 0.2) is 0 Å². The lowest BCUT2D eigenvalue weighted by Gasteiger charge is -2.19. The van der Waals surface area contributed by atoms with Crippen LogP contribution in [0.4, 0.5) is 0 Å². The second-order valence-electron chi connectivity index (χ2n) is 3.98. The molecular weight excluding hydrogens is 223 g/mol. The Morgan fingerprint density at radius 1 is 1.33 bits per heavy atom. The van der Waals surface area contributed by atoms with E-state index in [9.17, 15) is 14.2 Å². The van der Waals surface area contributed by atoms with Crippen LogP contribution >= 0.6 is 8.25 Å². The van der Waals surface area contributed by atoms with Gasteiger partial charge in [0.05, 0.1) is 5.41 Å². The van der Waals surface area contributed by atoms with Crippen LogP contribution in [-0.2, 0) is 23.4 Å². The maximum absolute atomic E-state index is 11.3. The van der Waals surface area contributed by atoms with E-state index in [0.717, 1.165) is 0 Å². The Morgan fingerprint density at radius 2 is 1.80 bits per heavy atom. The minimum absolute atomic E-state index is 0.579.